The number of ether oxygens (including phenoxy) is 2. The summed E-state index contributed by atoms with van der Waals surface area (Å²) in [4.78, 5) is 6.78. The monoisotopic (exact) mass is 252 g/mol. The molecule has 0 aliphatic carbocycles. The topological polar surface area (TPSA) is 82.3 Å². The van der Waals surface area contributed by atoms with Crippen LogP contribution < -0.4 is 16.0 Å². The van der Waals surface area contributed by atoms with Gasteiger partial charge in [0, 0.05) is 13.2 Å². The third kappa shape index (κ3) is 4.04. The Bertz CT molecular complexity index is 372. The summed E-state index contributed by atoms with van der Waals surface area (Å²) in [7, 11) is 1.44. The van der Waals surface area contributed by atoms with E-state index in [1.54, 1.807) is 0 Å². The lowest BCUT2D eigenvalue weighted by atomic mass is 10.4. The smallest absolute Gasteiger partial charge is 0.433 e. The van der Waals surface area contributed by atoms with Crippen LogP contribution in [0.1, 0.15) is 5.69 Å². The molecule has 0 atom stereocenters. The predicted molar refractivity (Wildman–Crippen MR) is 52.2 cm³/mol. The van der Waals surface area contributed by atoms with E-state index in [9.17, 15) is 13.2 Å². The van der Waals surface area contributed by atoms with Gasteiger partial charge in [-0.25, -0.2) is 10.8 Å². The first kappa shape index (κ1) is 13.5. The molecule has 0 unspecified atom stereocenters. The Balaban J connectivity index is 2.89. The zero-order valence-corrected chi connectivity index (χ0v) is 8.91. The number of halogens is 3. The first-order valence-corrected chi connectivity index (χ1v) is 4.52. The molecule has 96 valence electrons. The largest absolute Gasteiger partial charge is 0.475 e. The van der Waals surface area contributed by atoms with Crippen LogP contribution in [-0.4, -0.2) is 30.3 Å². The Morgan fingerprint density at radius 2 is 2.06 bits per heavy atom. The van der Waals surface area contributed by atoms with E-state index in [-0.39, 0.29) is 25.0 Å². The molecule has 1 aromatic heterocycles. The molecular formula is C8H11F3N4O2. The van der Waals surface area contributed by atoms with Crippen molar-refractivity contribution in [2.24, 2.45) is 5.84 Å². The Morgan fingerprint density at radius 3 is 2.59 bits per heavy atom. The van der Waals surface area contributed by atoms with Crippen LogP contribution in [0.3, 0.4) is 0 Å². The number of aromatic nitrogens is 2. The molecule has 0 aliphatic heterocycles. The van der Waals surface area contributed by atoms with Gasteiger partial charge in [-0.3, -0.25) is 5.43 Å². The first-order chi connectivity index (χ1) is 7.97. The van der Waals surface area contributed by atoms with Crippen LogP contribution in [0.4, 0.5) is 19.1 Å². The van der Waals surface area contributed by atoms with Crippen LogP contribution in [0.2, 0.25) is 0 Å². The van der Waals surface area contributed by atoms with Crippen LogP contribution >= 0.6 is 0 Å². The number of anilines is 1. The molecule has 0 spiro atoms. The normalized spacial score (nSPS) is 11.4. The fraction of sp³-hybridized carbons (Fsp3) is 0.500. The summed E-state index contributed by atoms with van der Waals surface area (Å²) in [5.74, 6) is 4.37. The van der Waals surface area contributed by atoms with Gasteiger partial charge in [0.1, 0.15) is 6.61 Å². The van der Waals surface area contributed by atoms with E-state index in [1.807, 2.05) is 5.43 Å². The van der Waals surface area contributed by atoms with Crippen molar-refractivity contribution in [2.45, 2.75) is 6.18 Å². The van der Waals surface area contributed by atoms with Crippen LogP contribution in [0.25, 0.3) is 0 Å². The zero-order valence-electron chi connectivity index (χ0n) is 8.91. The molecule has 0 saturated heterocycles. The van der Waals surface area contributed by atoms with E-state index in [0.29, 0.717) is 6.07 Å². The second kappa shape index (κ2) is 5.64. The average Bonchev–Trinajstić information content (AvgIpc) is 2.28. The number of hydrazine groups is 1. The van der Waals surface area contributed by atoms with E-state index in [1.165, 1.54) is 7.11 Å². The third-order valence-electron chi connectivity index (χ3n) is 1.66. The van der Waals surface area contributed by atoms with Gasteiger partial charge < -0.3 is 9.47 Å². The minimum atomic E-state index is -4.59. The van der Waals surface area contributed by atoms with Crippen molar-refractivity contribution in [2.75, 3.05) is 25.7 Å². The van der Waals surface area contributed by atoms with Crippen molar-refractivity contribution in [3.8, 4) is 5.88 Å². The van der Waals surface area contributed by atoms with Crippen molar-refractivity contribution in [1.82, 2.24) is 9.97 Å². The van der Waals surface area contributed by atoms with Crippen LogP contribution in [0, 0.1) is 0 Å². The lowest BCUT2D eigenvalue weighted by molar-refractivity contribution is -0.141. The van der Waals surface area contributed by atoms with Gasteiger partial charge in [-0.2, -0.15) is 18.2 Å². The van der Waals surface area contributed by atoms with Crippen LogP contribution in [0.5, 0.6) is 5.88 Å². The maximum Gasteiger partial charge on any atom is 0.433 e. The summed E-state index contributed by atoms with van der Waals surface area (Å²) >= 11 is 0. The molecule has 0 amide bonds. The quantitative estimate of drug-likeness (QED) is 0.458. The molecule has 3 N–H and O–H groups in total. The van der Waals surface area contributed by atoms with E-state index in [4.69, 9.17) is 10.6 Å². The Labute approximate surface area is 94.9 Å². The lowest BCUT2D eigenvalue weighted by Crippen LogP contribution is -2.16. The third-order valence-corrected chi connectivity index (χ3v) is 1.66. The first-order valence-electron chi connectivity index (χ1n) is 4.52. The number of nitrogens with one attached hydrogen (secondary N) is 1. The molecule has 1 aromatic rings. The molecule has 6 nitrogen and oxygen atoms in total. The van der Waals surface area contributed by atoms with Crippen molar-refractivity contribution < 1.29 is 22.6 Å². The molecule has 0 fully saturated rings. The predicted octanol–water partition coefficient (Wildman–Crippen LogP) is 0.806. The minimum absolute atomic E-state index is 0.0782. The van der Waals surface area contributed by atoms with E-state index < -0.39 is 11.9 Å². The zero-order chi connectivity index (χ0) is 12.9. The number of hydrogen-bond acceptors (Lipinski definition) is 6. The Kier molecular flexibility index (Phi) is 4.46. The molecule has 0 radical (unpaired) electrons. The van der Waals surface area contributed by atoms with Gasteiger partial charge in [0.05, 0.1) is 6.61 Å². The Hall–Kier alpha value is -1.61. The molecule has 1 rings (SSSR count). The van der Waals surface area contributed by atoms with Crippen LogP contribution in [0.15, 0.2) is 6.07 Å². The molecule has 17 heavy (non-hydrogen) atoms. The fourth-order valence-corrected chi connectivity index (χ4v) is 0.938. The molecule has 1 heterocycles. The lowest BCUT2D eigenvalue weighted by Gasteiger charge is -2.10. The van der Waals surface area contributed by atoms with Gasteiger partial charge in [-0.1, -0.05) is 0 Å². The van der Waals surface area contributed by atoms with E-state index in [0.717, 1.165) is 0 Å². The summed E-state index contributed by atoms with van der Waals surface area (Å²) in [6, 6.07) is 0.691. The van der Waals surface area contributed by atoms with Crippen molar-refractivity contribution in [3.63, 3.8) is 0 Å². The SMILES string of the molecule is COCCOc1cc(C(F)(F)F)nc(NN)n1. The van der Waals surface area contributed by atoms with Gasteiger partial charge in [0.15, 0.2) is 5.69 Å². The second-order valence-corrected chi connectivity index (χ2v) is 2.90. The summed E-state index contributed by atoms with van der Waals surface area (Å²) in [6.45, 7) is 0.311. The number of nitrogens with zero attached hydrogens (tertiary/aromatic N) is 2. The maximum absolute atomic E-state index is 12.4. The summed E-state index contributed by atoms with van der Waals surface area (Å²) in [5.41, 5.74) is 0.805. The molecule has 9 heteroatoms. The molecule has 0 aromatic carbocycles. The van der Waals surface area contributed by atoms with Gasteiger partial charge in [-0.05, 0) is 0 Å². The van der Waals surface area contributed by atoms with Crippen molar-refractivity contribution in [3.05, 3.63) is 11.8 Å². The van der Waals surface area contributed by atoms with Crippen LogP contribution in [-0.2, 0) is 10.9 Å². The number of alkyl halides is 3. The van der Waals surface area contributed by atoms with Gasteiger partial charge in [0.25, 0.3) is 0 Å². The maximum atomic E-state index is 12.4. The molecule has 0 aliphatic rings. The number of nitrogens with two attached hydrogens (primary N) is 1. The summed E-state index contributed by atoms with van der Waals surface area (Å²) < 4.78 is 46.9. The van der Waals surface area contributed by atoms with Crippen molar-refractivity contribution >= 4 is 5.95 Å². The van der Waals surface area contributed by atoms with Gasteiger partial charge >= 0.3 is 6.18 Å². The number of hydrogen-bond donors (Lipinski definition) is 2. The number of rotatable bonds is 5. The Morgan fingerprint density at radius 1 is 1.35 bits per heavy atom. The van der Waals surface area contributed by atoms with Gasteiger partial charge in [-0.15, -0.1) is 0 Å². The second-order valence-electron chi connectivity index (χ2n) is 2.90. The number of nitrogen functional groups attached to an aromatic ring is 1. The number of methoxy groups -OCH3 is 1. The molecule has 0 saturated carbocycles. The highest BCUT2D eigenvalue weighted by molar-refractivity contribution is 5.30. The highest BCUT2D eigenvalue weighted by atomic mass is 19.4. The van der Waals surface area contributed by atoms with E-state index in [2.05, 4.69) is 14.7 Å². The average molecular weight is 252 g/mol. The molecular weight excluding hydrogens is 241 g/mol. The fourth-order valence-electron chi connectivity index (χ4n) is 0.938. The highest BCUT2D eigenvalue weighted by Gasteiger charge is 2.34. The highest BCUT2D eigenvalue weighted by Crippen LogP contribution is 2.29. The summed E-state index contributed by atoms with van der Waals surface area (Å²) in [6.07, 6.45) is -4.59. The van der Waals surface area contributed by atoms with E-state index >= 15 is 0 Å². The summed E-state index contributed by atoms with van der Waals surface area (Å²) in [5, 5.41) is 0. The minimum Gasteiger partial charge on any atom is -0.475 e. The van der Waals surface area contributed by atoms with Crippen molar-refractivity contribution in [1.29, 1.82) is 0 Å². The standard InChI is InChI=1S/C8H11F3N4O2/c1-16-2-3-17-6-4-5(8(9,10)11)13-7(14-6)15-12/h4H,2-3,12H2,1H3,(H,13,14,15). The van der Waals surface area contributed by atoms with Gasteiger partial charge in [0.2, 0.25) is 11.8 Å². The molecule has 0 bridgehead atoms.